The number of aliphatic hydroxyl groups excluding tert-OH is 1. The minimum atomic E-state index is -1.37. The number of nitrogens with zero attached hydrogens (tertiary/aromatic N) is 4. The van der Waals surface area contributed by atoms with Crippen LogP contribution in [0.5, 0.6) is 5.75 Å². The van der Waals surface area contributed by atoms with Crippen LogP contribution in [0.3, 0.4) is 0 Å². The maximum absolute atomic E-state index is 12.6. The largest absolute Gasteiger partial charge is 0.491 e. The minimum absolute atomic E-state index is 0.0694. The van der Waals surface area contributed by atoms with Crippen molar-refractivity contribution >= 4 is 51.6 Å². The number of aliphatic hydroxyl groups is 1. The van der Waals surface area contributed by atoms with Crippen molar-refractivity contribution < 1.29 is 28.4 Å². The molecule has 0 aliphatic carbocycles. The van der Waals surface area contributed by atoms with Gasteiger partial charge in [-0.1, -0.05) is 12.1 Å². The van der Waals surface area contributed by atoms with Crippen molar-refractivity contribution in [3.05, 3.63) is 66.9 Å². The second-order valence-electron chi connectivity index (χ2n) is 11.4. The van der Waals surface area contributed by atoms with Gasteiger partial charge in [-0.2, -0.15) is 4.98 Å². The highest BCUT2D eigenvalue weighted by atomic mass is 32.2. The van der Waals surface area contributed by atoms with Crippen molar-refractivity contribution in [3.8, 4) is 5.75 Å². The Bertz CT molecular complexity index is 1540. The van der Waals surface area contributed by atoms with Crippen molar-refractivity contribution in [2.24, 2.45) is 0 Å². The fourth-order valence-electron chi connectivity index (χ4n) is 4.40. The van der Waals surface area contributed by atoms with Crippen molar-refractivity contribution in [2.45, 2.75) is 31.3 Å². The zero-order valence-corrected chi connectivity index (χ0v) is 27.3. The third kappa shape index (κ3) is 10.8. The Balaban J connectivity index is 1.32. The van der Waals surface area contributed by atoms with Gasteiger partial charge in [-0.3, -0.25) is 13.9 Å². The number of nitrogens with one attached hydrogen (secondary N) is 3. The lowest BCUT2D eigenvalue weighted by atomic mass is 10.2. The van der Waals surface area contributed by atoms with Crippen LogP contribution < -0.4 is 20.7 Å². The molecule has 2 amide bonds. The van der Waals surface area contributed by atoms with Crippen LogP contribution in [-0.2, 0) is 20.3 Å². The number of aromatic nitrogens is 2. The first-order valence-corrected chi connectivity index (χ1v) is 16.4. The highest BCUT2D eigenvalue weighted by Gasteiger charge is 2.25. The van der Waals surface area contributed by atoms with Crippen molar-refractivity contribution in [3.63, 3.8) is 0 Å². The van der Waals surface area contributed by atoms with Gasteiger partial charge >= 0.3 is 6.09 Å². The maximum Gasteiger partial charge on any atom is 0.410 e. The summed E-state index contributed by atoms with van der Waals surface area (Å²) >= 11 is 0. The molecule has 1 aliphatic rings. The summed E-state index contributed by atoms with van der Waals surface area (Å²) in [4.78, 5) is 38.0. The number of rotatable bonds is 12. The Hall–Kier alpha value is -4.53. The Labute approximate surface area is 271 Å². The van der Waals surface area contributed by atoms with Gasteiger partial charge in [-0.25, -0.2) is 9.78 Å². The van der Waals surface area contributed by atoms with E-state index in [-0.39, 0.29) is 25.2 Å². The van der Waals surface area contributed by atoms with Gasteiger partial charge in [0.15, 0.2) is 5.82 Å². The summed E-state index contributed by atoms with van der Waals surface area (Å²) in [5.41, 5.74) is 1.39. The molecule has 0 saturated carbocycles. The molecule has 46 heavy (non-hydrogen) atoms. The molecule has 1 fully saturated rings. The minimum Gasteiger partial charge on any atom is -0.491 e. The fraction of sp³-hybridized carbons (Fsp3) is 0.375. The van der Waals surface area contributed by atoms with Crippen LogP contribution in [0.1, 0.15) is 20.8 Å². The molecule has 13 nitrogen and oxygen atoms in total. The number of hydrogen-bond acceptors (Lipinski definition) is 11. The molecule has 4 rings (SSSR count). The third-order valence-corrected chi connectivity index (χ3v) is 7.50. The molecule has 3 aromatic rings. The lowest BCUT2D eigenvalue weighted by Gasteiger charge is -2.35. The summed E-state index contributed by atoms with van der Waals surface area (Å²) in [5, 5.41) is 18.1. The summed E-state index contributed by atoms with van der Waals surface area (Å²) in [5.74, 6) is 0.997. The van der Waals surface area contributed by atoms with Crippen LogP contribution in [0.25, 0.3) is 0 Å². The molecule has 0 spiro atoms. The van der Waals surface area contributed by atoms with E-state index in [2.05, 4.69) is 30.8 Å². The van der Waals surface area contributed by atoms with Crippen molar-refractivity contribution in [2.75, 3.05) is 68.1 Å². The van der Waals surface area contributed by atoms with Crippen LogP contribution >= 0.6 is 0 Å². The molecular weight excluding hydrogens is 610 g/mol. The van der Waals surface area contributed by atoms with Gasteiger partial charge in [-0.15, -0.1) is 0 Å². The molecule has 1 saturated heterocycles. The average Bonchev–Trinajstić information content (AvgIpc) is 3.00. The van der Waals surface area contributed by atoms with Gasteiger partial charge < -0.3 is 35.4 Å². The van der Waals surface area contributed by atoms with Crippen LogP contribution in [-0.4, -0.2) is 98.9 Å². The number of ether oxygens (including phenoxy) is 2. The highest BCUT2D eigenvalue weighted by Crippen LogP contribution is 2.26. The normalized spacial score (nSPS) is 14.5. The van der Waals surface area contributed by atoms with E-state index in [1.165, 1.54) is 12.3 Å². The summed E-state index contributed by atoms with van der Waals surface area (Å²) in [6, 6.07) is 14.2. The number of benzene rings is 2. The Morgan fingerprint density at radius 3 is 2.41 bits per heavy atom. The first-order chi connectivity index (χ1) is 22.0. The van der Waals surface area contributed by atoms with Gasteiger partial charge in [0.05, 0.1) is 28.5 Å². The summed E-state index contributed by atoms with van der Waals surface area (Å²) < 4.78 is 23.3. The first kappa shape index (κ1) is 34.3. The van der Waals surface area contributed by atoms with Crippen LogP contribution in [0.4, 0.5) is 33.6 Å². The summed E-state index contributed by atoms with van der Waals surface area (Å²) in [6.45, 7) is 8.79. The number of piperazine rings is 1. The molecule has 0 bridgehead atoms. The van der Waals surface area contributed by atoms with E-state index >= 15 is 0 Å². The van der Waals surface area contributed by atoms with E-state index in [9.17, 15) is 13.8 Å². The zero-order chi connectivity index (χ0) is 33.1. The molecule has 4 N–H and O–H groups in total. The smallest absolute Gasteiger partial charge is 0.410 e. The number of hydrogen-bond donors (Lipinski definition) is 4. The van der Waals surface area contributed by atoms with E-state index in [0.29, 0.717) is 72.2 Å². The Morgan fingerprint density at radius 1 is 1.02 bits per heavy atom. The monoisotopic (exact) mass is 651 g/mol. The lowest BCUT2D eigenvalue weighted by Crippen LogP contribution is -2.49. The van der Waals surface area contributed by atoms with Crippen LogP contribution in [0.15, 0.2) is 71.8 Å². The van der Waals surface area contributed by atoms with Crippen LogP contribution in [0, 0.1) is 0 Å². The molecular formula is C32H41N7O6S. The van der Waals surface area contributed by atoms with Gasteiger partial charge in [0.1, 0.15) is 18.0 Å². The predicted octanol–water partition coefficient (Wildman–Crippen LogP) is 4.12. The number of carbonyl (C=O) groups excluding carboxylic acids is 2. The molecule has 1 unspecified atom stereocenters. The molecule has 1 aliphatic heterocycles. The van der Waals surface area contributed by atoms with Gasteiger partial charge in [-0.05, 0) is 63.2 Å². The van der Waals surface area contributed by atoms with E-state index in [4.69, 9.17) is 14.6 Å². The van der Waals surface area contributed by atoms with Gasteiger partial charge in [0, 0.05) is 62.1 Å². The van der Waals surface area contributed by atoms with Gasteiger partial charge in [0.25, 0.3) is 0 Å². The number of carbonyl (C=O) groups is 2. The lowest BCUT2D eigenvalue weighted by molar-refractivity contribution is -0.111. The molecule has 246 valence electrons. The highest BCUT2D eigenvalue weighted by molar-refractivity contribution is 7.84. The van der Waals surface area contributed by atoms with E-state index < -0.39 is 16.4 Å². The molecule has 14 heteroatoms. The maximum atomic E-state index is 12.6. The second-order valence-corrected chi connectivity index (χ2v) is 12.8. The average molecular weight is 652 g/mol. The van der Waals surface area contributed by atoms with E-state index in [0.717, 1.165) is 0 Å². The summed E-state index contributed by atoms with van der Waals surface area (Å²) in [6.07, 6.45) is 6.04. The second kappa shape index (κ2) is 16.2. The van der Waals surface area contributed by atoms with Crippen molar-refractivity contribution in [1.29, 1.82) is 0 Å². The predicted molar refractivity (Wildman–Crippen MR) is 178 cm³/mol. The number of amides is 2. The molecule has 1 atom stereocenters. The number of anilines is 5. The molecule has 0 radical (unpaired) electrons. The van der Waals surface area contributed by atoms with E-state index in [1.807, 2.05) is 26.8 Å². The fourth-order valence-corrected chi connectivity index (χ4v) is 4.97. The van der Waals surface area contributed by atoms with Gasteiger partial charge in [0.2, 0.25) is 11.9 Å². The Morgan fingerprint density at radius 2 is 1.74 bits per heavy atom. The Kier molecular flexibility index (Phi) is 12.1. The summed E-state index contributed by atoms with van der Waals surface area (Å²) in [7, 11) is -1.37. The quantitative estimate of drug-likeness (QED) is 0.209. The SMILES string of the molecule is CS(=O)c1cnc(Nc2ccc(OCCO)cc2)nc1Nc1cccc(NC(=O)/C=C/CN2CCN(C(=O)OC(C)(C)C)CC2)c1. The topological polar surface area (TPSA) is 158 Å². The molecule has 2 heterocycles. The standard InChI is InChI=1S/C32H41N7O6S/c1-32(2,3)45-31(42)39-17-15-38(16-18-39)14-6-9-28(41)34-24-7-5-8-25(21-24)35-29-27(46(4)43)22-33-30(37-29)36-23-10-12-26(13-11-23)44-20-19-40/h5-13,21-22,40H,14-20H2,1-4H3,(H,34,41)(H2,33,35,36,37)/b9-6+. The van der Waals surface area contributed by atoms with Crippen LogP contribution in [0.2, 0.25) is 0 Å². The van der Waals surface area contributed by atoms with Crippen molar-refractivity contribution in [1.82, 2.24) is 19.8 Å². The molecule has 1 aromatic heterocycles. The first-order valence-electron chi connectivity index (χ1n) is 14.8. The third-order valence-electron chi connectivity index (χ3n) is 6.59. The molecule has 2 aromatic carbocycles. The zero-order valence-electron chi connectivity index (χ0n) is 26.5. The van der Waals surface area contributed by atoms with E-state index in [1.54, 1.807) is 59.7 Å².